The molecule has 0 rings (SSSR count). The molecule has 0 aliphatic rings. The van der Waals surface area contributed by atoms with Gasteiger partial charge in [0.05, 0.1) is 7.11 Å². The molecule has 2 amide bonds. The lowest BCUT2D eigenvalue weighted by Crippen LogP contribution is -2.63. The lowest BCUT2D eigenvalue weighted by molar-refractivity contribution is -0.147. The number of hydrogen-bond acceptors (Lipinski definition) is 7. The number of carbonyl (C=O) groups excluding carboxylic acids is 2. The van der Waals surface area contributed by atoms with E-state index in [1.54, 1.807) is 0 Å². The second-order valence-electron chi connectivity index (χ2n) is 3.64. The smallest absolute Gasteiger partial charge is 0.379 e. The summed E-state index contributed by atoms with van der Waals surface area (Å²) in [5.41, 5.74) is 8.38. The van der Waals surface area contributed by atoms with Crippen molar-refractivity contribution in [1.82, 2.24) is 4.90 Å². The van der Waals surface area contributed by atoms with E-state index >= 15 is 0 Å². The zero-order valence-corrected chi connectivity index (χ0v) is 11.8. The average molecular weight is 301 g/mol. The van der Waals surface area contributed by atoms with Gasteiger partial charge in [0.15, 0.2) is 5.54 Å². The molecule has 0 aromatic heterocycles. The van der Waals surface area contributed by atoms with Crippen molar-refractivity contribution in [2.75, 3.05) is 14.2 Å². The SMILES string of the molecule is CC(O)N(C)C(C)(C(N)=O)C(N)=O.COS(=O)(=O)O. The van der Waals surface area contributed by atoms with Crippen molar-refractivity contribution in [1.29, 1.82) is 0 Å². The Bertz CT molecular complexity index is 406. The van der Waals surface area contributed by atoms with Crippen molar-refractivity contribution in [2.24, 2.45) is 11.5 Å². The molecule has 0 heterocycles. The Morgan fingerprint density at radius 3 is 1.63 bits per heavy atom. The van der Waals surface area contributed by atoms with Crippen molar-refractivity contribution >= 4 is 22.2 Å². The molecule has 0 radical (unpaired) electrons. The van der Waals surface area contributed by atoms with Crippen molar-refractivity contribution < 1.29 is 31.8 Å². The summed E-state index contributed by atoms with van der Waals surface area (Å²) >= 11 is 0. The van der Waals surface area contributed by atoms with E-state index < -0.39 is 34.0 Å². The maximum absolute atomic E-state index is 11.0. The Morgan fingerprint density at radius 1 is 1.32 bits per heavy atom. The van der Waals surface area contributed by atoms with E-state index in [1.165, 1.54) is 20.9 Å². The van der Waals surface area contributed by atoms with Crippen molar-refractivity contribution in [3.8, 4) is 0 Å². The van der Waals surface area contributed by atoms with Gasteiger partial charge in [-0.3, -0.25) is 23.2 Å². The van der Waals surface area contributed by atoms with Crippen LogP contribution in [0.5, 0.6) is 0 Å². The molecule has 1 unspecified atom stereocenters. The standard InChI is InChI=1S/C7H15N3O3.CH4O4S/c1-4(11)10(3)7(2,5(8)12)6(9)13;1-5-6(2,3)4/h4,11H,1-3H3,(H2,8,12)(H2,9,13);1H3,(H,2,3,4). The van der Waals surface area contributed by atoms with E-state index in [4.69, 9.17) is 21.1 Å². The van der Waals surface area contributed by atoms with Crippen LogP contribution in [0.25, 0.3) is 0 Å². The highest BCUT2D eigenvalue weighted by molar-refractivity contribution is 7.80. The summed E-state index contributed by atoms with van der Waals surface area (Å²) in [5.74, 6) is -1.77. The molecule has 0 spiro atoms. The largest absolute Gasteiger partial charge is 0.397 e. The fraction of sp³-hybridized carbons (Fsp3) is 0.750. The second-order valence-corrected chi connectivity index (χ2v) is 4.83. The quantitative estimate of drug-likeness (QED) is 0.243. The Labute approximate surface area is 111 Å². The first-order valence-electron chi connectivity index (χ1n) is 4.84. The Balaban J connectivity index is 0. The molecular weight excluding hydrogens is 282 g/mol. The van der Waals surface area contributed by atoms with Gasteiger partial charge in [-0.15, -0.1) is 0 Å². The van der Waals surface area contributed by atoms with Crippen LogP contribution in [0.3, 0.4) is 0 Å². The first kappa shape index (κ1) is 20.1. The third-order valence-electron chi connectivity index (χ3n) is 2.44. The maximum Gasteiger partial charge on any atom is 0.397 e. The first-order valence-corrected chi connectivity index (χ1v) is 6.21. The molecule has 10 nitrogen and oxygen atoms in total. The lowest BCUT2D eigenvalue weighted by Gasteiger charge is -2.34. The summed E-state index contributed by atoms with van der Waals surface area (Å²) in [7, 11) is -1.90. The molecule has 11 heteroatoms. The molecule has 0 aromatic carbocycles. The van der Waals surface area contributed by atoms with Crippen molar-refractivity contribution in [3.63, 3.8) is 0 Å². The molecule has 0 aliphatic heterocycles. The number of primary amides is 2. The highest BCUT2D eigenvalue weighted by Gasteiger charge is 2.43. The van der Waals surface area contributed by atoms with Crippen LogP contribution in [0.4, 0.5) is 0 Å². The van der Waals surface area contributed by atoms with Gasteiger partial charge >= 0.3 is 10.4 Å². The Hall–Kier alpha value is -1.27. The van der Waals surface area contributed by atoms with Crippen LogP contribution < -0.4 is 11.5 Å². The predicted molar refractivity (Wildman–Crippen MR) is 64.8 cm³/mol. The van der Waals surface area contributed by atoms with E-state index in [0.29, 0.717) is 0 Å². The van der Waals surface area contributed by atoms with E-state index in [2.05, 4.69) is 4.18 Å². The molecule has 6 N–H and O–H groups in total. The number of nitrogens with two attached hydrogens (primary N) is 2. The van der Waals surface area contributed by atoms with Gasteiger partial charge in [-0.25, -0.2) is 0 Å². The molecule has 114 valence electrons. The zero-order chi connectivity index (χ0) is 16.0. The van der Waals surface area contributed by atoms with Crippen molar-refractivity contribution in [2.45, 2.75) is 25.6 Å². The predicted octanol–water partition coefficient (Wildman–Crippen LogP) is -2.58. The fourth-order valence-corrected chi connectivity index (χ4v) is 0.843. The molecule has 0 saturated carbocycles. The molecule has 0 fully saturated rings. The summed E-state index contributed by atoms with van der Waals surface area (Å²) in [6.07, 6.45) is -0.981. The first-order chi connectivity index (χ1) is 8.30. The highest BCUT2D eigenvalue weighted by atomic mass is 32.3. The number of aliphatic hydroxyl groups excluding tert-OH is 1. The summed E-state index contributed by atoms with van der Waals surface area (Å²) in [4.78, 5) is 23.1. The summed E-state index contributed by atoms with van der Waals surface area (Å²) < 4.78 is 29.7. The third-order valence-corrected chi connectivity index (χ3v) is 2.86. The minimum atomic E-state index is -4.16. The van der Waals surface area contributed by atoms with Crippen LogP contribution in [-0.2, 0) is 24.2 Å². The molecule has 0 bridgehead atoms. The number of likely N-dealkylation sites (N-methyl/N-ethyl adjacent to an activating group) is 1. The second kappa shape index (κ2) is 7.35. The van der Waals surface area contributed by atoms with Crippen LogP contribution >= 0.6 is 0 Å². The van der Waals surface area contributed by atoms with Crippen LogP contribution in [0.1, 0.15) is 13.8 Å². The number of rotatable bonds is 5. The number of carbonyl (C=O) groups is 2. The van der Waals surface area contributed by atoms with E-state index in [9.17, 15) is 18.0 Å². The third kappa shape index (κ3) is 6.45. The van der Waals surface area contributed by atoms with Gasteiger partial charge in [-0.2, -0.15) is 8.42 Å². The lowest BCUT2D eigenvalue weighted by atomic mass is 9.98. The van der Waals surface area contributed by atoms with Crippen LogP contribution in [0, 0.1) is 0 Å². The molecule has 0 aromatic rings. The van der Waals surface area contributed by atoms with Crippen LogP contribution in [0.2, 0.25) is 0 Å². The van der Waals surface area contributed by atoms with Gasteiger partial charge in [-0.1, -0.05) is 0 Å². The minimum absolute atomic E-state index is 0.870. The van der Waals surface area contributed by atoms with Gasteiger partial charge in [-0.05, 0) is 20.9 Å². The topological polar surface area (TPSA) is 173 Å². The highest BCUT2D eigenvalue weighted by Crippen LogP contribution is 2.14. The summed E-state index contributed by atoms with van der Waals surface area (Å²) in [5, 5.41) is 9.16. The van der Waals surface area contributed by atoms with E-state index in [0.717, 1.165) is 12.0 Å². The van der Waals surface area contributed by atoms with Crippen molar-refractivity contribution in [3.05, 3.63) is 0 Å². The minimum Gasteiger partial charge on any atom is -0.379 e. The van der Waals surface area contributed by atoms with Crippen LogP contribution in [0.15, 0.2) is 0 Å². The average Bonchev–Trinajstić information content (AvgIpc) is 2.25. The summed E-state index contributed by atoms with van der Waals surface area (Å²) in [6, 6.07) is 0. The number of hydrogen-bond donors (Lipinski definition) is 4. The van der Waals surface area contributed by atoms with Gasteiger partial charge in [0.25, 0.3) is 0 Å². The van der Waals surface area contributed by atoms with Gasteiger partial charge in [0.1, 0.15) is 6.23 Å². The molecule has 19 heavy (non-hydrogen) atoms. The normalized spacial score (nSPS) is 13.4. The van der Waals surface area contributed by atoms with Crippen LogP contribution in [-0.4, -0.2) is 60.7 Å². The Morgan fingerprint density at radius 2 is 1.58 bits per heavy atom. The number of nitrogens with zero attached hydrogens (tertiary/aromatic N) is 1. The summed E-state index contributed by atoms with van der Waals surface area (Å²) in [6.45, 7) is 2.68. The van der Waals surface area contributed by atoms with Gasteiger partial charge in [0.2, 0.25) is 11.8 Å². The molecular formula is C8H19N3O7S. The molecule has 1 atom stereocenters. The molecule has 0 aliphatic carbocycles. The fourth-order valence-electron chi connectivity index (χ4n) is 0.843. The number of amides is 2. The monoisotopic (exact) mass is 301 g/mol. The van der Waals surface area contributed by atoms with Gasteiger partial charge < -0.3 is 16.6 Å². The van der Waals surface area contributed by atoms with E-state index in [1.807, 2.05) is 0 Å². The van der Waals surface area contributed by atoms with Gasteiger partial charge in [0, 0.05) is 0 Å². The van der Waals surface area contributed by atoms with E-state index in [-0.39, 0.29) is 0 Å². The maximum atomic E-state index is 11.0. The number of aliphatic hydroxyl groups is 1. The zero-order valence-electron chi connectivity index (χ0n) is 11.0. The molecule has 0 saturated heterocycles. The Kier molecular flexibility index (Phi) is 7.76.